The number of hydrogen-bond acceptors (Lipinski definition) is 0. The Bertz CT molecular complexity index is 517. The maximum atomic E-state index is 13.3. The van der Waals surface area contributed by atoms with Gasteiger partial charge in [-0.25, -0.2) is 8.78 Å². The van der Waals surface area contributed by atoms with E-state index in [0.717, 1.165) is 36.2 Å². The molecule has 1 aromatic rings. The Morgan fingerprint density at radius 2 is 1.36 bits per heavy atom. The van der Waals surface area contributed by atoms with E-state index < -0.39 is 11.6 Å². The topological polar surface area (TPSA) is 0 Å². The quantitative estimate of drug-likeness (QED) is 0.467. The molecular weight excluding hydrogens is 330 g/mol. The van der Waals surface area contributed by atoms with E-state index in [1.54, 1.807) is 6.07 Å². The second-order valence-electron chi connectivity index (χ2n) is 8.30. The maximum Gasteiger partial charge on any atom is 0.159 e. The zero-order chi connectivity index (χ0) is 17.5. The van der Waals surface area contributed by atoms with Gasteiger partial charge in [-0.15, -0.1) is 0 Å². The van der Waals surface area contributed by atoms with Gasteiger partial charge < -0.3 is 0 Å². The molecule has 1 aliphatic carbocycles. The Labute approximate surface area is 154 Å². The average Bonchev–Trinajstić information content (AvgIpc) is 2.65. The molecule has 138 valence electrons. The molecule has 0 spiro atoms. The van der Waals surface area contributed by atoms with Gasteiger partial charge in [0.1, 0.15) is 0 Å². The highest BCUT2D eigenvalue weighted by molar-refractivity contribution is 6.35. The third-order valence-electron chi connectivity index (χ3n) is 6.48. The van der Waals surface area contributed by atoms with Crippen LogP contribution >= 0.6 is 0 Å². The first-order chi connectivity index (χ1) is 12.2. The molecule has 0 nitrogen and oxygen atoms in total. The minimum atomic E-state index is -0.738. The molecule has 3 rings (SSSR count). The third kappa shape index (κ3) is 6.20. The zero-order valence-electron chi connectivity index (χ0n) is 15.4. The summed E-state index contributed by atoms with van der Waals surface area (Å²) < 4.78 is 26.3. The fraction of sp³-hybridized carbons (Fsp3) is 0.727. The van der Waals surface area contributed by atoms with Crippen molar-refractivity contribution in [3.8, 4) is 0 Å². The van der Waals surface area contributed by atoms with Crippen LogP contribution in [-0.4, -0.2) is 9.52 Å². The largest absolute Gasteiger partial charge is 0.204 e. The summed E-state index contributed by atoms with van der Waals surface area (Å²) in [6.45, 7) is 0. The Balaban J connectivity index is 1.29. The lowest BCUT2D eigenvalue weighted by molar-refractivity contribution is 0.244. The summed E-state index contributed by atoms with van der Waals surface area (Å²) in [6, 6.07) is 7.35. The van der Waals surface area contributed by atoms with Gasteiger partial charge in [-0.1, -0.05) is 75.9 Å². The summed E-state index contributed by atoms with van der Waals surface area (Å²) in [5, 5.41) is 0. The van der Waals surface area contributed by atoms with Gasteiger partial charge in [-0.3, -0.25) is 0 Å². The molecule has 0 amide bonds. The highest BCUT2D eigenvalue weighted by Crippen LogP contribution is 2.35. The molecule has 1 aliphatic heterocycles. The molecule has 0 N–H and O–H groups in total. The van der Waals surface area contributed by atoms with Crippen LogP contribution in [0.5, 0.6) is 0 Å². The number of hydrogen-bond donors (Lipinski definition) is 0. The van der Waals surface area contributed by atoms with Crippen LogP contribution in [-0.2, 0) is 6.42 Å². The Hall–Kier alpha value is -0.703. The number of benzene rings is 1. The summed E-state index contributed by atoms with van der Waals surface area (Å²) in [5.74, 6) is 1.32. The van der Waals surface area contributed by atoms with Crippen LogP contribution in [0.25, 0.3) is 0 Å². The highest BCUT2D eigenvalue weighted by atomic mass is 28.2. The van der Waals surface area contributed by atoms with Gasteiger partial charge in [0.05, 0.1) is 0 Å². The molecule has 0 aromatic heterocycles. The average molecular weight is 363 g/mol. The third-order valence-corrected chi connectivity index (χ3v) is 7.76. The fourth-order valence-electron chi connectivity index (χ4n) is 4.74. The van der Waals surface area contributed by atoms with Gasteiger partial charge in [0.25, 0.3) is 0 Å². The first-order valence-electron chi connectivity index (χ1n) is 10.4. The minimum absolute atomic E-state index is 0.709. The van der Waals surface area contributed by atoms with Crippen molar-refractivity contribution in [3.63, 3.8) is 0 Å². The van der Waals surface area contributed by atoms with E-state index in [0.29, 0.717) is 0 Å². The summed E-state index contributed by atoms with van der Waals surface area (Å²) in [7, 11) is 1.24. The molecule has 0 unspecified atom stereocenters. The van der Waals surface area contributed by atoms with Crippen LogP contribution in [0.1, 0.15) is 69.8 Å². The number of rotatable bonds is 7. The zero-order valence-corrected chi connectivity index (χ0v) is 16.4. The number of aryl methyl sites for hydroxylation is 1. The first kappa shape index (κ1) is 19.1. The molecule has 0 atom stereocenters. The fourth-order valence-corrected chi connectivity index (χ4v) is 6.22. The second kappa shape index (κ2) is 9.85. The summed E-state index contributed by atoms with van der Waals surface area (Å²) in [5.41, 5.74) is 0.939. The molecule has 1 heterocycles. The molecule has 25 heavy (non-hydrogen) atoms. The van der Waals surface area contributed by atoms with Gasteiger partial charge in [0.15, 0.2) is 11.6 Å². The van der Waals surface area contributed by atoms with E-state index in [1.807, 2.05) is 0 Å². The van der Waals surface area contributed by atoms with E-state index in [9.17, 15) is 8.78 Å². The summed E-state index contributed by atoms with van der Waals surface area (Å²) >= 11 is 0. The van der Waals surface area contributed by atoms with Crippen LogP contribution in [0, 0.1) is 29.4 Å². The van der Waals surface area contributed by atoms with Crippen molar-refractivity contribution in [1.82, 2.24) is 0 Å². The second-order valence-corrected chi connectivity index (χ2v) is 9.80. The van der Waals surface area contributed by atoms with Gasteiger partial charge in [0, 0.05) is 9.52 Å². The van der Waals surface area contributed by atoms with Gasteiger partial charge in [-0.2, -0.15) is 0 Å². The van der Waals surface area contributed by atoms with Crippen molar-refractivity contribution in [1.29, 1.82) is 0 Å². The molecule has 2 aliphatic rings. The minimum Gasteiger partial charge on any atom is -0.204 e. The normalized spacial score (nSPS) is 25.2. The van der Waals surface area contributed by atoms with Crippen molar-refractivity contribution in [2.24, 2.45) is 17.8 Å². The molecule has 1 saturated heterocycles. The molecule has 2 radical (unpaired) electrons. The Kier molecular flexibility index (Phi) is 7.51. The Morgan fingerprint density at radius 1 is 0.760 bits per heavy atom. The van der Waals surface area contributed by atoms with Crippen molar-refractivity contribution in [2.45, 2.75) is 82.7 Å². The molecule has 2 fully saturated rings. The molecular formula is C22H32F2Si. The van der Waals surface area contributed by atoms with Crippen LogP contribution in [0.3, 0.4) is 0 Å². The SMILES string of the molecule is Fc1ccc(CCC2CCC(CCCC3CC[Si]CC3)CC2)cc1F. The Morgan fingerprint density at radius 3 is 2.00 bits per heavy atom. The van der Waals surface area contributed by atoms with E-state index in [1.165, 1.54) is 91.5 Å². The molecule has 1 saturated carbocycles. The predicted octanol–water partition coefficient (Wildman–Crippen LogP) is 6.82. The lowest BCUT2D eigenvalue weighted by Crippen LogP contribution is -2.16. The first-order valence-corrected chi connectivity index (χ1v) is 11.8. The predicted molar refractivity (Wildman–Crippen MR) is 102 cm³/mol. The van der Waals surface area contributed by atoms with E-state index in [2.05, 4.69) is 0 Å². The molecule has 3 heteroatoms. The lowest BCUT2D eigenvalue weighted by Gasteiger charge is -2.29. The van der Waals surface area contributed by atoms with Crippen LogP contribution < -0.4 is 0 Å². The summed E-state index contributed by atoms with van der Waals surface area (Å²) in [6.07, 6.45) is 14.8. The van der Waals surface area contributed by atoms with Gasteiger partial charge in [0.2, 0.25) is 0 Å². The number of halogens is 2. The van der Waals surface area contributed by atoms with Crippen molar-refractivity contribution >= 4 is 9.52 Å². The maximum absolute atomic E-state index is 13.3. The van der Waals surface area contributed by atoms with Crippen molar-refractivity contribution < 1.29 is 8.78 Å². The van der Waals surface area contributed by atoms with Gasteiger partial charge >= 0.3 is 0 Å². The summed E-state index contributed by atoms with van der Waals surface area (Å²) in [4.78, 5) is 0. The highest BCUT2D eigenvalue weighted by Gasteiger charge is 2.21. The lowest BCUT2D eigenvalue weighted by atomic mass is 9.77. The van der Waals surface area contributed by atoms with Gasteiger partial charge in [-0.05, 0) is 48.3 Å². The monoisotopic (exact) mass is 362 g/mol. The van der Waals surface area contributed by atoms with Crippen LogP contribution in [0.4, 0.5) is 8.78 Å². The van der Waals surface area contributed by atoms with E-state index in [-0.39, 0.29) is 0 Å². The van der Waals surface area contributed by atoms with E-state index >= 15 is 0 Å². The van der Waals surface area contributed by atoms with Crippen molar-refractivity contribution in [2.75, 3.05) is 0 Å². The van der Waals surface area contributed by atoms with Crippen molar-refractivity contribution in [3.05, 3.63) is 35.4 Å². The molecule has 1 aromatic carbocycles. The van der Waals surface area contributed by atoms with E-state index in [4.69, 9.17) is 0 Å². The smallest absolute Gasteiger partial charge is 0.159 e. The molecule has 0 bridgehead atoms. The van der Waals surface area contributed by atoms with Crippen LogP contribution in [0.15, 0.2) is 18.2 Å². The van der Waals surface area contributed by atoms with Crippen LogP contribution in [0.2, 0.25) is 12.1 Å². The standard InChI is InChI=1S/C22H32F2Si/c23-21-11-10-20(16-22(21)24)9-8-19-6-4-17(5-7-19)2-1-3-18-12-14-25-15-13-18/h10-11,16-19H,1-9,12-15H2.